The molecule has 1 heterocycles. The van der Waals surface area contributed by atoms with E-state index >= 15 is 0 Å². The maximum atomic E-state index is 12.3. The Labute approximate surface area is 157 Å². The van der Waals surface area contributed by atoms with E-state index in [4.69, 9.17) is 14.2 Å². The van der Waals surface area contributed by atoms with Crippen LogP contribution in [0.25, 0.3) is 0 Å². The number of allylic oxidation sites excluding steroid dienone is 2. The van der Waals surface area contributed by atoms with Gasteiger partial charge in [-0.2, -0.15) is 0 Å². The normalized spacial score (nSPS) is 26.8. The van der Waals surface area contributed by atoms with E-state index in [1.54, 1.807) is 6.92 Å². The third-order valence-corrected chi connectivity index (χ3v) is 5.17. The van der Waals surface area contributed by atoms with Gasteiger partial charge < -0.3 is 14.2 Å². The van der Waals surface area contributed by atoms with Gasteiger partial charge in [-0.05, 0) is 45.1 Å². The Morgan fingerprint density at radius 1 is 1.19 bits per heavy atom. The predicted octanol–water partition coefficient (Wildman–Crippen LogP) is 4.54. The summed E-state index contributed by atoms with van der Waals surface area (Å²) in [6.07, 6.45) is 11.5. The van der Waals surface area contributed by atoms with E-state index in [0.717, 1.165) is 37.9 Å². The van der Waals surface area contributed by atoms with Crippen LogP contribution in [-0.4, -0.2) is 31.3 Å². The number of hydrogen-bond acceptors (Lipinski definition) is 5. The first-order valence-electron chi connectivity index (χ1n) is 10.3. The molecule has 0 N–H and O–H groups in total. The van der Waals surface area contributed by atoms with Crippen molar-refractivity contribution in [3.05, 3.63) is 11.8 Å². The number of esters is 1. The number of unbranched alkanes of at least 4 members (excludes halogenated alkanes) is 4. The maximum Gasteiger partial charge on any atom is 0.317 e. The van der Waals surface area contributed by atoms with Crippen LogP contribution in [0.3, 0.4) is 0 Å². The van der Waals surface area contributed by atoms with Gasteiger partial charge in [-0.25, -0.2) is 0 Å². The van der Waals surface area contributed by atoms with Crippen LogP contribution in [0, 0.1) is 11.8 Å². The number of ketones is 1. The lowest BCUT2D eigenvalue weighted by Gasteiger charge is -2.28. The summed E-state index contributed by atoms with van der Waals surface area (Å²) in [7, 11) is 0. The van der Waals surface area contributed by atoms with Crippen LogP contribution in [0.4, 0.5) is 0 Å². The molecule has 0 aromatic carbocycles. The predicted molar refractivity (Wildman–Crippen MR) is 99.4 cm³/mol. The first-order valence-corrected chi connectivity index (χ1v) is 10.3. The minimum Gasteiger partial charge on any atom is -0.469 e. The molecule has 26 heavy (non-hydrogen) atoms. The third kappa shape index (κ3) is 6.11. The highest BCUT2D eigenvalue weighted by Crippen LogP contribution is 2.37. The highest BCUT2D eigenvalue weighted by atomic mass is 16.7. The van der Waals surface area contributed by atoms with Gasteiger partial charge in [-0.3, -0.25) is 9.59 Å². The van der Waals surface area contributed by atoms with Crippen molar-refractivity contribution in [3.8, 4) is 0 Å². The number of Topliss-reactive ketones (excluding diaryl/α,β-unsaturated/α-hetero) is 1. The van der Waals surface area contributed by atoms with Crippen molar-refractivity contribution in [1.82, 2.24) is 0 Å². The Morgan fingerprint density at radius 3 is 2.73 bits per heavy atom. The SMILES string of the molecule is CCCCCCC=C(OC1CCCCO1)[C@H]1CCC(=O)[C@@H]1C(=O)OCC. The van der Waals surface area contributed by atoms with Crippen molar-refractivity contribution in [2.45, 2.75) is 84.3 Å². The van der Waals surface area contributed by atoms with Crippen molar-refractivity contribution in [2.24, 2.45) is 11.8 Å². The molecule has 0 spiro atoms. The molecule has 1 saturated heterocycles. The van der Waals surface area contributed by atoms with Crippen LogP contribution in [0.1, 0.15) is 78.1 Å². The van der Waals surface area contributed by atoms with E-state index in [0.29, 0.717) is 19.4 Å². The molecule has 3 atom stereocenters. The number of hydrogen-bond donors (Lipinski definition) is 0. The van der Waals surface area contributed by atoms with Crippen LogP contribution < -0.4 is 0 Å². The van der Waals surface area contributed by atoms with Crippen LogP contribution in [-0.2, 0) is 23.8 Å². The molecule has 5 heteroatoms. The van der Waals surface area contributed by atoms with Gasteiger partial charge in [0.1, 0.15) is 11.7 Å². The monoisotopic (exact) mass is 366 g/mol. The van der Waals surface area contributed by atoms with Gasteiger partial charge in [0.05, 0.1) is 19.0 Å². The molecule has 0 bridgehead atoms. The zero-order valence-electron chi connectivity index (χ0n) is 16.3. The van der Waals surface area contributed by atoms with E-state index in [1.165, 1.54) is 19.3 Å². The fraction of sp³-hybridized carbons (Fsp3) is 0.810. The van der Waals surface area contributed by atoms with Crippen molar-refractivity contribution < 1.29 is 23.8 Å². The van der Waals surface area contributed by atoms with Gasteiger partial charge in [0.15, 0.2) is 6.29 Å². The van der Waals surface area contributed by atoms with Gasteiger partial charge in [0.25, 0.3) is 0 Å². The molecule has 0 aromatic heterocycles. The fourth-order valence-electron chi connectivity index (χ4n) is 3.74. The van der Waals surface area contributed by atoms with Gasteiger partial charge in [0, 0.05) is 18.8 Å². The van der Waals surface area contributed by atoms with Crippen molar-refractivity contribution >= 4 is 11.8 Å². The van der Waals surface area contributed by atoms with Crippen LogP contribution in [0.2, 0.25) is 0 Å². The summed E-state index contributed by atoms with van der Waals surface area (Å²) in [6, 6.07) is 0. The average molecular weight is 366 g/mol. The van der Waals surface area contributed by atoms with E-state index in [-0.39, 0.29) is 24.6 Å². The van der Waals surface area contributed by atoms with Crippen molar-refractivity contribution in [1.29, 1.82) is 0 Å². The number of carbonyl (C=O) groups excluding carboxylic acids is 2. The van der Waals surface area contributed by atoms with Gasteiger partial charge in [-0.1, -0.05) is 26.2 Å². The van der Waals surface area contributed by atoms with E-state index < -0.39 is 11.9 Å². The second-order valence-electron chi connectivity index (χ2n) is 7.21. The summed E-state index contributed by atoms with van der Waals surface area (Å²) in [6.45, 7) is 4.96. The Morgan fingerprint density at radius 2 is 2.04 bits per heavy atom. The molecule has 0 aromatic rings. The molecule has 1 aliphatic heterocycles. The number of ether oxygens (including phenoxy) is 3. The molecule has 1 aliphatic carbocycles. The van der Waals surface area contributed by atoms with E-state index in [1.807, 2.05) is 0 Å². The topological polar surface area (TPSA) is 61.8 Å². The second-order valence-corrected chi connectivity index (χ2v) is 7.21. The van der Waals surface area contributed by atoms with Gasteiger partial charge in [0.2, 0.25) is 0 Å². The molecule has 0 radical (unpaired) electrons. The maximum absolute atomic E-state index is 12.3. The largest absolute Gasteiger partial charge is 0.469 e. The first-order chi connectivity index (χ1) is 12.7. The summed E-state index contributed by atoms with van der Waals surface area (Å²) in [5, 5.41) is 0. The van der Waals surface area contributed by atoms with Gasteiger partial charge >= 0.3 is 5.97 Å². The Kier molecular flexibility index (Phi) is 9.16. The minimum absolute atomic E-state index is 0.0292. The zero-order chi connectivity index (χ0) is 18.8. The summed E-state index contributed by atoms with van der Waals surface area (Å²) in [5.74, 6) is -0.612. The first kappa shape index (κ1) is 20.9. The molecular formula is C21H34O5. The lowest BCUT2D eigenvalue weighted by molar-refractivity contribution is -0.158. The third-order valence-electron chi connectivity index (χ3n) is 5.17. The summed E-state index contributed by atoms with van der Waals surface area (Å²) in [5.41, 5.74) is 0. The molecule has 148 valence electrons. The Balaban J connectivity index is 2.07. The highest BCUT2D eigenvalue weighted by Gasteiger charge is 2.44. The molecule has 2 aliphatic rings. The van der Waals surface area contributed by atoms with Crippen LogP contribution >= 0.6 is 0 Å². The molecule has 1 saturated carbocycles. The quantitative estimate of drug-likeness (QED) is 0.246. The number of rotatable bonds is 10. The fourth-order valence-corrected chi connectivity index (χ4v) is 3.74. The second kappa shape index (κ2) is 11.4. The highest BCUT2D eigenvalue weighted by molar-refractivity contribution is 6.01. The van der Waals surface area contributed by atoms with Crippen LogP contribution in [0.5, 0.6) is 0 Å². The summed E-state index contributed by atoms with van der Waals surface area (Å²) < 4.78 is 17.0. The minimum atomic E-state index is -0.722. The smallest absolute Gasteiger partial charge is 0.317 e. The molecule has 2 rings (SSSR count). The van der Waals surface area contributed by atoms with Crippen molar-refractivity contribution in [2.75, 3.05) is 13.2 Å². The Bertz CT molecular complexity index is 479. The zero-order valence-corrected chi connectivity index (χ0v) is 16.3. The molecule has 2 fully saturated rings. The van der Waals surface area contributed by atoms with Gasteiger partial charge in [-0.15, -0.1) is 0 Å². The Hall–Kier alpha value is -1.36. The van der Waals surface area contributed by atoms with Crippen LogP contribution in [0.15, 0.2) is 11.8 Å². The lowest BCUT2D eigenvalue weighted by atomic mass is 9.92. The lowest BCUT2D eigenvalue weighted by Crippen LogP contribution is -2.31. The summed E-state index contributed by atoms with van der Waals surface area (Å²) >= 11 is 0. The molecule has 5 nitrogen and oxygen atoms in total. The van der Waals surface area contributed by atoms with E-state index in [9.17, 15) is 9.59 Å². The standard InChI is InChI=1S/C21H34O5/c1-3-5-6-7-8-11-18(26-19-12-9-10-15-25-19)16-13-14-17(22)20(16)21(23)24-4-2/h11,16,19-20H,3-10,12-15H2,1-2H3/t16-,19?,20-/m1/s1. The van der Waals surface area contributed by atoms with Crippen molar-refractivity contribution in [3.63, 3.8) is 0 Å². The number of carbonyl (C=O) groups is 2. The average Bonchev–Trinajstić information content (AvgIpc) is 3.03. The molecule has 1 unspecified atom stereocenters. The summed E-state index contributed by atoms with van der Waals surface area (Å²) in [4.78, 5) is 24.6. The molecule has 0 amide bonds. The van der Waals surface area contributed by atoms with E-state index in [2.05, 4.69) is 13.0 Å². The molecular weight excluding hydrogens is 332 g/mol.